The fourth-order valence-electron chi connectivity index (χ4n) is 4.76. The van der Waals surface area contributed by atoms with Crippen molar-refractivity contribution < 1.29 is 5.11 Å². The molecule has 1 aliphatic carbocycles. The smallest absolute Gasteiger partial charge is 0.0902 e. The highest BCUT2D eigenvalue weighted by atomic mass is 16.3. The first-order chi connectivity index (χ1) is 13.8. The van der Waals surface area contributed by atoms with Crippen molar-refractivity contribution in [3.63, 3.8) is 0 Å². The molecule has 0 heterocycles. The zero-order valence-corrected chi connectivity index (χ0v) is 17.5. The van der Waals surface area contributed by atoms with Crippen molar-refractivity contribution in [2.75, 3.05) is 0 Å². The molecule has 2 aromatic rings. The van der Waals surface area contributed by atoms with Crippen LogP contribution >= 0.6 is 0 Å². The second kappa shape index (κ2) is 11.4. The van der Waals surface area contributed by atoms with Crippen LogP contribution in [0.3, 0.4) is 0 Å². The normalized spacial score (nSPS) is 20.0. The average Bonchev–Trinajstić information content (AvgIpc) is 2.75. The van der Waals surface area contributed by atoms with Crippen molar-refractivity contribution in [2.24, 2.45) is 0 Å². The Kier molecular flexibility index (Phi) is 8.61. The van der Waals surface area contributed by atoms with E-state index in [2.05, 4.69) is 54.6 Å². The van der Waals surface area contributed by atoms with Gasteiger partial charge in [-0.2, -0.15) is 0 Å². The van der Waals surface area contributed by atoms with Gasteiger partial charge in [0.15, 0.2) is 0 Å². The maximum absolute atomic E-state index is 11.9. The van der Waals surface area contributed by atoms with Crippen LogP contribution in [0, 0.1) is 0 Å². The van der Waals surface area contributed by atoms with E-state index in [4.69, 9.17) is 0 Å². The minimum absolute atomic E-state index is 0.702. The number of benzene rings is 2. The molecule has 152 valence electrons. The Labute approximate surface area is 172 Å². The maximum atomic E-state index is 11.9. The summed E-state index contributed by atoms with van der Waals surface area (Å²) in [5.41, 5.74) is 2.84. The van der Waals surface area contributed by atoms with Crippen LogP contribution in [0.25, 0.3) is 11.1 Å². The summed E-state index contributed by atoms with van der Waals surface area (Å²) in [6, 6.07) is 19.1. The van der Waals surface area contributed by atoms with Crippen molar-refractivity contribution in [2.45, 2.75) is 95.5 Å². The van der Waals surface area contributed by atoms with Gasteiger partial charge in [-0.1, -0.05) is 132 Å². The number of aliphatic hydroxyl groups is 1. The summed E-state index contributed by atoms with van der Waals surface area (Å²) < 4.78 is 0. The molecule has 1 aliphatic rings. The first-order valence-corrected chi connectivity index (χ1v) is 11.7. The predicted molar refractivity (Wildman–Crippen MR) is 120 cm³/mol. The van der Waals surface area contributed by atoms with E-state index < -0.39 is 5.60 Å². The lowest BCUT2D eigenvalue weighted by atomic mass is 9.80. The van der Waals surface area contributed by atoms with Crippen molar-refractivity contribution in [1.29, 1.82) is 0 Å². The highest BCUT2D eigenvalue weighted by Crippen LogP contribution is 2.39. The van der Waals surface area contributed by atoms with E-state index in [9.17, 15) is 5.11 Å². The van der Waals surface area contributed by atoms with Crippen LogP contribution in [-0.4, -0.2) is 5.11 Å². The highest BCUT2D eigenvalue weighted by Gasteiger charge is 2.30. The molecule has 2 aromatic carbocycles. The summed E-state index contributed by atoms with van der Waals surface area (Å²) >= 11 is 0. The highest BCUT2D eigenvalue weighted by molar-refractivity contribution is 5.68. The number of hydrogen-bond acceptors (Lipinski definition) is 1. The minimum atomic E-state index is -0.702. The first-order valence-electron chi connectivity index (χ1n) is 11.7. The fourth-order valence-corrected chi connectivity index (χ4v) is 4.76. The van der Waals surface area contributed by atoms with Gasteiger partial charge in [-0.3, -0.25) is 0 Å². The van der Waals surface area contributed by atoms with Crippen LogP contribution in [-0.2, 0) is 5.60 Å². The molecule has 3 rings (SSSR count). The molecule has 0 aromatic heterocycles. The summed E-state index contributed by atoms with van der Waals surface area (Å²) in [6.45, 7) is 0. The minimum Gasteiger partial charge on any atom is -0.385 e. The third kappa shape index (κ3) is 6.21. The molecule has 0 radical (unpaired) electrons. The molecule has 1 N–H and O–H groups in total. The van der Waals surface area contributed by atoms with Gasteiger partial charge in [-0.15, -0.1) is 0 Å². The van der Waals surface area contributed by atoms with E-state index in [1.54, 1.807) is 0 Å². The third-order valence-corrected chi connectivity index (χ3v) is 6.44. The summed E-state index contributed by atoms with van der Waals surface area (Å²) in [5.74, 6) is 0. The SMILES string of the molecule is OC1(c2ccccc2-c2ccccc2)CCCCCCCCCCCCCC1. The van der Waals surface area contributed by atoms with E-state index in [-0.39, 0.29) is 0 Å². The van der Waals surface area contributed by atoms with Crippen molar-refractivity contribution in [3.8, 4) is 11.1 Å². The van der Waals surface area contributed by atoms with E-state index in [1.807, 2.05) is 0 Å². The topological polar surface area (TPSA) is 20.2 Å². The van der Waals surface area contributed by atoms with Gasteiger partial charge in [0.2, 0.25) is 0 Å². The second-order valence-corrected chi connectivity index (χ2v) is 8.69. The van der Waals surface area contributed by atoms with Crippen LogP contribution in [0.4, 0.5) is 0 Å². The molecule has 1 saturated carbocycles. The monoisotopic (exact) mass is 378 g/mol. The van der Waals surface area contributed by atoms with Crippen molar-refractivity contribution >= 4 is 0 Å². The van der Waals surface area contributed by atoms with Gasteiger partial charge >= 0.3 is 0 Å². The van der Waals surface area contributed by atoms with Crippen molar-refractivity contribution in [1.82, 2.24) is 0 Å². The molecule has 0 amide bonds. The zero-order chi connectivity index (χ0) is 19.5. The van der Waals surface area contributed by atoms with E-state index in [1.165, 1.54) is 75.3 Å². The lowest BCUT2D eigenvalue weighted by Gasteiger charge is -2.31. The van der Waals surface area contributed by atoms with Gasteiger partial charge in [-0.05, 0) is 29.5 Å². The quantitative estimate of drug-likeness (QED) is 0.561. The van der Waals surface area contributed by atoms with Crippen LogP contribution < -0.4 is 0 Å². The third-order valence-electron chi connectivity index (χ3n) is 6.44. The Morgan fingerprint density at radius 3 is 1.46 bits per heavy atom. The van der Waals surface area contributed by atoms with E-state index in [0.29, 0.717) is 0 Å². The Morgan fingerprint density at radius 2 is 0.929 bits per heavy atom. The van der Waals surface area contributed by atoms with Gasteiger partial charge in [0, 0.05) is 0 Å². The lowest BCUT2D eigenvalue weighted by Crippen LogP contribution is -2.26. The fraction of sp³-hybridized carbons (Fsp3) is 0.556. The Bertz CT molecular complexity index is 660. The van der Waals surface area contributed by atoms with Gasteiger partial charge in [0.05, 0.1) is 5.60 Å². The second-order valence-electron chi connectivity index (χ2n) is 8.69. The summed E-state index contributed by atoms with van der Waals surface area (Å²) in [6.07, 6.45) is 17.5. The Balaban J connectivity index is 1.79. The largest absolute Gasteiger partial charge is 0.385 e. The van der Waals surface area contributed by atoms with Gasteiger partial charge < -0.3 is 5.11 Å². The van der Waals surface area contributed by atoms with Crippen LogP contribution in [0.1, 0.15) is 95.5 Å². The van der Waals surface area contributed by atoms with Crippen LogP contribution in [0.2, 0.25) is 0 Å². The van der Waals surface area contributed by atoms with E-state index >= 15 is 0 Å². The molecule has 1 fully saturated rings. The lowest BCUT2D eigenvalue weighted by molar-refractivity contribution is 0.0138. The summed E-state index contributed by atoms with van der Waals surface area (Å²) in [4.78, 5) is 0. The van der Waals surface area contributed by atoms with Crippen molar-refractivity contribution in [3.05, 3.63) is 60.2 Å². The predicted octanol–water partition coefficient (Wildman–Crippen LogP) is 8.02. The molecule has 0 bridgehead atoms. The Hall–Kier alpha value is -1.60. The maximum Gasteiger partial charge on any atom is 0.0902 e. The number of hydrogen-bond donors (Lipinski definition) is 1. The molecule has 1 heteroatoms. The summed E-state index contributed by atoms with van der Waals surface area (Å²) in [7, 11) is 0. The molecule has 0 aliphatic heterocycles. The van der Waals surface area contributed by atoms with Gasteiger partial charge in [0.1, 0.15) is 0 Å². The standard InChI is InChI=1S/C27H38O/c28-27(26-21-15-14-20-25(26)24-18-12-11-13-19-24)22-16-9-7-5-3-1-2-4-6-8-10-17-23-27/h11-15,18-21,28H,1-10,16-17,22-23H2. The molecule has 1 nitrogen and oxygen atoms in total. The number of rotatable bonds is 2. The van der Waals surface area contributed by atoms with Crippen LogP contribution in [0.5, 0.6) is 0 Å². The summed E-state index contributed by atoms with van der Waals surface area (Å²) in [5, 5.41) is 11.9. The molecule has 28 heavy (non-hydrogen) atoms. The zero-order valence-electron chi connectivity index (χ0n) is 17.5. The Morgan fingerprint density at radius 1 is 0.500 bits per heavy atom. The molecular formula is C27H38O. The first kappa shape index (κ1) is 21.1. The van der Waals surface area contributed by atoms with Crippen LogP contribution in [0.15, 0.2) is 54.6 Å². The van der Waals surface area contributed by atoms with Gasteiger partial charge in [0.25, 0.3) is 0 Å². The molecule has 0 atom stereocenters. The molecular weight excluding hydrogens is 340 g/mol. The molecule has 0 spiro atoms. The van der Waals surface area contributed by atoms with Gasteiger partial charge in [-0.25, -0.2) is 0 Å². The van der Waals surface area contributed by atoms with E-state index in [0.717, 1.165) is 31.2 Å². The molecule has 0 saturated heterocycles. The average molecular weight is 379 g/mol. The molecule has 0 unspecified atom stereocenters.